The third kappa shape index (κ3) is 5.35. The van der Waals surface area contributed by atoms with E-state index in [0.29, 0.717) is 33.1 Å². The zero-order chi connectivity index (χ0) is 18.4. The van der Waals surface area contributed by atoms with Crippen molar-refractivity contribution in [2.45, 2.75) is 6.42 Å². The molecule has 0 spiro atoms. The number of halogens is 2. The number of anilines is 4. The summed E-state index contributed by atoms with van der Waals surface area (Å²) in [5, 5.41) is 7.48. The summed E-state index contributed by atoms with van der Waals surface area (Å²) in [6.45, 7) is 5.41. The largest absolute Gasteiger partial charge is 0.393 e. The van der Waals surface area contributed by atoms with Gasteiger partial charge < -0.3 is 21.1 Å². The molecule has 1 aliphatic heterocycles. The van der Waals surface area contributed by atoms with Gasteiger partial charge in [0.05, 0.1) is 13.2 Å². The molecule has 0 radical (unpaired) electrons. The Balaban J connectivity index is 1.56. The second kappa shape index (κ2) is 9.23. The van der Waals surface area contributed by atoms with Gasteiger partial charge in [0, 0.05) is 35.4 Å². The average Bonchev–Trinajstić information content (AvgIpc) is 2.61. The molecule has 140 valence electrons. The monoisotopic (exact) mass is 396 g/mol. The van der Waals surface area contributed by atoms with Crippen LogP contribution >= 0.6 is 23.2 Å². The van der Waals surface area contributed by atoms with Crippen LogP contribution < -0.4 is 16.4 Å². The summed E-state index contributed by atoms with van der Waals surface area (Å²) < 4.78 is 5.35. The molecule has 7 nitrogen and oxygen atoms in total. The van der Waals surface area contributed by atoms with Crippen LogP contribution in [0.4, 0.5) is 23.0 Å². The zero-order valence-corrected chi connectivity index (χ0v) is 15.9. The maximum Gasteiger partial charge on any atom is 0.159 e. The maximum atomic E-state index is 6.19. The first-order chi connectivity index (χ1) is 12.6. The Hall–Kier alpha value is -1.80. The van der Waals surface area contributed by atoms with Gasteiger partial charge in [-0.3, -0.25) is 4.90 Å². The molecule has 4 N–H and O–H groups in total. The van der Waals surface area contributed by atoms with Gasteiger partial charge >= 0.3 is 0 Å². The second-order valence-electron chi connectivity index (χ2n) is 6.00. The maximum absolute atomic E-state index is 6.19. The number of nitrogens with two attached hydrogens (primary N) is 1. The topological polar surface area (TPSA) is 88.3 Å². The van der Waals surface area contributed by atoms with Gasteiger partial charge in [0.2, 0.25) is 0 Å². The lowest BCUT2D eigenvalue weighted by Gasteiger charge is -2.26. The Kier molecular flexibility index (Phi) is 6.73. The fraction of sp³-hybridized carbons (Fsp3) is 0.412. The van der Waals surface area contributed by atoms with Crippen molar-refractivity contribution in [3.8, 4) is 0 Å². The first-order valence-electron chi connectivity index (χ1n) is 8.49. The summed E-state index contributed by atoms with van der Waals surface area (Å²) >= 11 is 12.0. The highest BCUT2D eigenvalue weighted by Gasteiger charge is 2.11. The van der Waals surface area contributed by atoms with Crippen LogP contribution in [0.25, 0.3) is 0 Å². The SMILES string of the molecule is Nc1c(NCCCN2CCOCC2)ncnc1Nc1cc(Cl)cc(Cl)c1. The van der Waals surface area contributed by atoms with Gasteiger partial charge in [0.25, 0.3) is 0 Å². The molecule has 0 amide bonds. The molecule has 2 aromatic rings. The molecular formula is C17H22Cl2N6O. The first kappa shape index (κ1) is 19.0. The number of nitrogen functional groups attached to an aromatic ring is 1. The molecule has 0 aliphatic carbocycles. The minimum atomic E-state index is 0.454. The van der Waals surface area contributed by atoms with Crippen molar-refractivity contribution >= 4 is 46.2 Å². The summed E-state index contributed by atoms with van der Waals surface area (Å²) in [5.74, 6) is 1.12. The van der Waals surface area contributed by atoms with Gasteiger partial charge in [-0.15, -0.1) is 0 Å². The van der Waals surface area contributed by atoms with Gasteiger partial charge in [-0.2, -0.15) is 0 Å². The summed E-state index contributed by atoms with van der Waals surface area (Å²) in [4.78, 5) is 10.8. The summed E-state index contributed by atoms with van der Waals surface area (Å²) in [6, 6.07) is 5.17. The highest BCUT2D eigenvalue weighted by atomic mass is 35.5. The van der Waals surface area contributed by atoms with Gasteiger partial charge in [0.15, 0.2) is 11.6 Å². The van der Waals surface area contributed by atoms with E-state index >= 15 is 0 Å². The van der Waals surface area contributed by atoms with E-state index in [2.05, 4.69) is 25.5 Å². The minimum absolute atomic E-state index is 0.454. The Bertz CT molecular complexity index is 719. The number of hydrogen-bond acceptors (Lipinski definition) is 7. The number of nitrogens with one attached hydrogen (secondary N) is 2. The van der Waals surface area contributed by atoms with Crippen molar-refractivity contribution < 1.29 is 4.74 Å². The van der Waals surface area contributed by atoms with E-state index in [9.17, 15) is 0 Å². The molecule has 0 atom stereocenters. The molecule has 1 aromatic heterocycles. The van der Waals surface area contributed by atoms with Crippen LogP contribution in [-0.2, 0) is 4.74 Å². The second-order valence-corrected chi connectivity index (χ2v) is 6.87. The zero-order valence-electron chi connectivity index (χ0n) is 14.3. The summed E-state index contributed by atoms with van der Waals surface area (Å²) in [5.41, 5.74) is 7.36. The molecule has 0 unspecified atom stereocenters. The third-order valence-corrected chi connectivity index (χ3v) is 4.49. The molecule has 1 saturated heterocycles. The third-order valence-electron chi connectivity index (χ3n) is 4.06. The van der Waals surface area contributed by atoms with Crippen LogP contribution in [0.3, 0.4) is 0 Å². The van der Waals surface area contributed by atoms with Crippen LogP contribution in [0.1, 0.15) is 6.42 Å². The standard InChI is InChI=1S/C17H22Cl2N6O/c18-12-8-13(19)10-14(9-12)24-17-15(20)16(22-11-23-17)21-2-1-3-25-4-6-26-7-5-25/h8-11H,1-7,20H2,(H2,21,22,23,24). The van der Waals surface area contributed by atoms with E-state index in [4.69, 9.17) is 33.7 Å². The van der Waals surface area contributed by atoms with Crippen LogP contribution in [0.15, 0.2) is 24.5 Å². The van der Waals surface area contributed by atoms with E-state index in [1.807, 2.05) is 0 Å². The van der Waals surface area contributed by atoms with E-state index in [1.165, 1.54) is 6.33 Å². The van der Waals surface area contributed by atoms with Crippen LogP contribution in [-0.4, -0.2) is 54.3 Å². The van der Waals surface area contributed by atoms with Crippen LogP contribution in [0.2, 0.25) is 10.0 Å². The summed E-state index contributed by atoms with van der Waals surface area (Å²) in [7, 11) is 0. The fourth-order valence-electron chi connectivity index (χ4n) is 2.73. The number of nitrogens with zero attached hydrogens (tertiary/aromatic N) is 3. The lowest BCUT2D eigenvalue weighted by Crippen LogP contribution is -2.37. The Morgan fingerprint density at radius 3 is 2.50 bits per heavy atom. The number of benzene rings is 1. The molecule has 26 heavy (non-hydrogen) atoms. The van der Waals surface area contributed by atoms with Crippen molar-refractivity contribution in [3.63, 3.8) is 0 Å². The normalized spacial score (nSPS) is 15.0. The van der Waals surface area contributed by atoms with Gasteiger partial charge in [-0.1, -0.05) is 23.2 Å². The Morgan fingerprint density at radius 1 is 1.08 bits per heavy atom. The highest BCUT2D eigenvalue weighted by Crippen LogP contribution is 2.29. The van der Waals surface area contributed by atoms with Crippen molar-refractivity contribution in [3.05, 3.63) is 34.6 Å². The molecular weight excluding hydrogens is 375 g/mol. The number of rotatable bonds is 7. The highest BCUT2D eigenvalue weighted by molar-refractivity contribution is 6.35. The molecule has 9 heteroatoms. The quantitative estimate of drug-likeness (QED) is 0.618. The predicted molar refractivity (Wildman–Crippen MR) is 107 cm³/mol. The van der Waals surface area contributed by atoms with E-state index in [0.717, 1.165) is 45.8 Å². The Labute approximate surface area is 162 Å². The minimum Gasteiger partial charge on any atom is -0.393 e. The van der Waals surface area contributed by atoms with E-state index < -0.39 is 0 Å². The number of morpholine rings is 1. The predicted octanol–water partition coefficient (Wildman–Crippen LogP) is 3.24. The first-order valence-corrected chi connectivity index (χ1v) is 9.25. The lowest BCUT2D eigenvalue weighted by atomic mass is 10.3. The molecule has 1 aromatic carbocycles. The molecule has 1 aliphatic rings. The van der Waals surface area contributed by atoms with E-state index in [1.54, 1.807) is 18.2 Å². The van der Waals surface area contributed by atoms with E-state index in [-0.39, 0.29) is 0 Å². The molecule has 3 rings (SSSR count). The van der Waals surface area contributed by atoms with Crippen molar-refractivity contribution in [1.82, 2.24) is 14.9 Å². The number of hydrogen-bond donors (Lipinski definition) is 3. The summed E-state index contributed by atoms with van der Waals surface area (Å²) in [6.07, 6.45) is 2.46. The van der Waals surface area contributed by atoms with Gasteiger partial charge in [0.1, 0.15) is 12.0 Å². The fourth-order valence-corrected chi connectivity index (χ4v) is 3.26. The molecule has 0 saturated carbocycles. The van der Waals surface area contributed by atoms with Gasteiger partial charge in [-0.25, -0.2) is 9.97 Å². The smallest absolute Gasteiger partial charge is 0.159 e. The molecule has 0 bridgehead atoms. The molecule has 2 heterocycles. The van der Waals surface area contributed by atoms with Crippen molar-refractivity contribution in [2.75, 3.05) is 55.8 Å². The molecule has 1 fully saturated rings. The average molecular weight is 397 g/mol. The van der Waals surface area contributed by atoms with Crippen LogP contribution in [0.5, 0.6) is 0 Å². The Morgan fingerprint density at radius 2 is 1.77 bits per heavy atom. The van der Waals surface area contributed by atoms with Crippen molar-refractivity contribution in [2.24, 2.45) is 0 Å². The van der Waals surface area contributed by atoms with Crippen molar-refractivity contribution in [1.29, 1.82) is 0 Å². The number of aromatic nitrogens is 2. The number of ether oxygens (including phenoxy) is 1. The van der Waals surface area contributed by atoms with Crippen LogP contribution in [0, 0.1) is 0 Å². The van der Waals surface area contributed by atoms with Gasteiger partial charge in [-0.05, 0) is 31.2 Å². The lowest BCUT2D eigenvalue weighted by molar-refractivity contribution is 0.0378.